The lowest BCUT2D eigenvalue weighted by Crippen LogP contribution is -2.39. The van der Waals surface area contributed by atoms with Crippen LogP contribution in [0.5, 0.6) is 0 Å². The first-order chi connectivity index (χ1) is 8.80. The van der Waals surface area contributed by atoms with Crippen LogP contribution in [0.15, 0.2) is 29.6 Å². The number of thiophene rings is 1. The van der Waals surface area contributed by atoms with Crippen molar-refractivity contribution in [2.75, 3.05) is 6.54 Å². The molecule has 0 fully saturated rings. The number of hydrogen-bond donors (Lipinski definition) is 2. The van der Waals surface area contributed by atoms with Gasteiger partial charge in [0.05, 0.1) is 5.60 Å². The third kappa shape index (κ3) is 3.56. The minimum Gasteiger partial charge on any atom is -0.385 e. The topological polar surface area (TPSA) is 32.3 Å². The van der Waals surface area contributed by atoms with Gasteiger partial charge < -0.3 is 10.4 Å². The molecule has 1 atom stereocenters. The van der Waals surface area contributed by atoms with E-state index in [9.17, 15) is 5.11 Å². The van der Waals surface area contributed by atoms with E-state index in [0.717, 1.165) is 12.1 Å². The average Bonchev–Trinajstić information content (AvgIpc) is 2.73. The molecule has 1 aromatic heterocycles. The van der Waals surface area contributed by atoms with E-state index in [1.807, 2.05) is 19.1 Å². The summed E-state index contributed by atoms with van der Waals surface area (Å²) in [5, 5.41) is 17.5. The van der Waals surface area contributed by atoms with Gasteiger partial charge in [0.2, 0.25) is 0 Å². The van der Waals surface area contributed by atoms with Crippen molar-refractivity contribution in [3.63, 3.8) is 0 Å². The fourth-order valence-electron chi connectivity index (χ4n) is 2.23. The summed E-state index contributed by atoms with van der Waals surface area (Å²) in [5.74, 6) is 0. The molecule has 0 aliphatic carbocycles. The Hall–Kier alpha value is -0.900. The molecule has 0 saturated carbocycles. The Bertz CT molecular complexity index is 551. The SMILES string of the molecule is CC(C)(C)NCCC(C)(O)c1cccc2ccsc12. The van der Waals surface area contributed by atoms with Crippen LogP contribution in [0.4, 0.5) is 0 Å². The first kappa shape index (κ1) is 14.5. The fourth-order valence-corrected chi connectivity index (χ4v) is 3.27. The first-order valence-electron chi connectivity index (χ1n) is 6.74. The van der Waals surface area contributed by atoms with E-state index in [1.54, 1.807) is 11.3 Å². The second kappa shape index (κ2) is 5.23. The molecule has 0 aliphatic heterocycles. The van der Waals surface area contributed by atoms with Gasteiger partial charge in [-0.1, -0.05) is 18.2 Å². The zero-order valence-corrected chi connectivity index (χ0v) is 13.0. The molecule has 2 N–H and O–H groups in total. The van der Waals surface area contributed by atoms with Crippen LogP contribution in [0.25, 0.3) is 10.1 Å². The van der Waals surface area contributed by atoms with Gasteiger partial charge in [-0.3, -0.25) is 0 Å². The smallest absolute Gasteiger partial charge is 0.0894 e. The van der Waals surface area contributed by atoms with Gasteiger partial charge >= 0.3 is 0 Å². The van der Waals surface area contributed by atoms with Crippen molar-refractivity contribution in [2.24, 2.45) is 0 Å². The molecule has 0 bridgehead atoms. The predicted octanol–water partition coefficient (Wildman–Crippen LogP) is 3.89. The van der Waals surface area contributed by atoms with E-state index >= 15 is 0 Å². The molecule has 0 spiro atoms. The third-order valence-electron chi connectivity index (χ3n) is 3.33. The van der Waals surface area contributed by atoms with Crippen LogP contribution >= 0.6 is 11.3 Å². The standard InChI is InChI=1S/C16H23NOS/c1-15(2,3)17-10-9-16(4,18)13-7-5-6-12-8-11-19-14(12)13/h5-8,11,17-18H,9-10H2,1-4H3. The fraction of sp³-hybridized carbons (Fsp3) is 0.500. The summed E-state index contributed by atoms with van der Waals surface area (Å²) in [4.78, 5) is 0. The monoisotopic (exact) mass is 277 g/mol. The molecule has 0 radical (unpaired) electrons. The highest BCUT2D eigenvalue weighted by Gasteiger charge is 2.25. The molecule has 3 heteroatoms. The molecule has 1 unspecified atom stereocenters. The average molecular weight is 277 g/mol. The summed E-state index contributed by atoms with van der Waals surface area (Å²) in [6.45, 7) is 9.13. The van der Waals surface area contributed by atoms with Crippen molar-refractivity contribution < 1.29 is 5.11 Å². The van der Waals surface area contributed by atoms with Crippen LogP contribution in [0.2, 0.25) is 0 Å². The molecule has 104 valence electrons. The van der Waals surface area contributed by atoms with Crippen molar-refractivity contribution in [3.05, 3.63) is 35.2 Å². The van der Waals surface area contributed by atoms with E-state index in [2.05, 4.69) is 43.6 Å². The van der Waals surface area contributed by atoms with E-state index < -0.39 is 5.60 Å². The van der Waals surface area contributed by atoms with Gasteiger partial charge in [-0.2, -0.15) is 0 Å². The van der Waals surface area contributed by atoms with Crippen LogP contribution in [0, 0.1) is 0 Å². The molecule has 0 amide bonds. The Morgan fingerprint density at radius 2 is 1.89 bits per heavy atom. The van der Waals surface area contributed by atoms with E-state index in [-0.39, 0.29) is 5.54 Å². The predicted molar refractivity (Wildman–Crippen MR) is 83.8 cm³/mol. The number of fused-ring (bicyclic) bond motifs is 1. The Kier molecular flexibility index (Phi) is 4.00. The van der Waals surface area contributed by atoms with Gasteiger partial charge in [-0.25, -0.2) is 0 Å². The maximum absolute atomic E-state index is 10.8. The molecule has 0 aliphatic rings. The third-order valence-corrected chi connectivity index (χ3v) is 4.29. The Balaban J connectivity index is 2.17. The van der Waals surface area contributed by atoms with Crippen LogP contribution in [-0.2, 0) is 5.60 Å². The number of benzene rings is 1. The molecule has 1 heterocycles. The lowest BCUT2D eigenvalue weighted by Gasteiger charge is -2.27. The quantitative estimate of drug-likeness (QED) is 0.888. The minimum atomic E-state index is -0.789. The highest BCUT2D eigenvalue weighted by atomic mass is 32.1. The second-order valence-corrected chi connectivity index (χ2v) is 7.26. The molecule has 1 aromatic carbocycles. The van der Waals surface area contributed by atoms with Gasteiger partial charge in [-0.15, -0.1) is 11.3 Å². The summed E-state index contributed by atoms with van der Waals surface area (Å²) in [6, 6.07) is 8.26. The summed E-state index contributed by atoms with van der Waals surface area (Å²) in [7, 11) is 0. The largest absolute Gasteiger partial charge is 0.385 e. The van der Waals surface area contributed by atoms with Crippen LogP contribution < -0.4 is 5.32 Å². The molecule has 2 rings (SSSR count). The Morgan fingerprint density at radius 3 is 2.58 bits per heavy atom. The number of hydrogen-bond acceptors (Lipinski definition) is 3. The highest BCUT2D eigenvalue weighted by Crippen LogP contribution is 2.34. The highest BCUT2D eigenvalue weighted by molar-refractivity contribution is 7.17. The number of rotatable bonds is 4. The van der Waals surface area contributed by atoms with Crippen molar-refractivity contribution in [1.82, 2.24) is 5.32 Å². The van der Waals surface area contributed by atoms with E-state index in [0.29, 0.717) is 6.42 Å². The Morgan fingerprint density at radius 1 is 1.16 bits per heavy atom. The van der Waals surface area contributed by atoms with E-state index in [1.165, 1.54) is 10.1 Å². The summed E-state index contributed by atoms with van der Waals surface area (Å²) in [5.41, 5.74) is 0.337. The second-order valence-electron chi connectivity index (χ2n) is 6.35. The lowest BCUT2D eigenvalue weighted by atomic mass is 9.91. The van der Waals surface area contributed by atoms with Crippen molar-refractivity contribution >= 4 is 21.4 Å². The maximum atomic E-state index is 10.8. The summed E-state index contributed by atoms with van der Waals surface area (Å²) in [6.07, 6.45) is 0.710. The zero-order chi connectivity index (χ0) is 14.1. The molecular formula is C16H23NOS. The maximum Gasteiger partial charge on any atom is 0.0894 e. The van der Waals surface area contributed by atoms with Gasteiger partial charge in [0.25, 0.3) is 0 Å². The zero-order valence-electron chi connectivity index (χ0n) is 12.2. The molecule has 0 saturated heterocycles. The molecule has 2 nitrogen and oxygen atoms in total. The molecule has 19 heavy (non-hydrogen) atoms. The van der Waals surface area contributed by atoms with Crippen molar-refractivity contribution in [2.45, 2.75) is 45.3 Å². The lowest BCUT2D eigenvalue weighted by molar-refractivity contribution is 0.0480. The summed E-state index contributed by atoms with van der Waals surface area (Å²) >= 11 is 1.70. The van der Waals surface area contributed by atoms with Crippen LogP contribution in [0.3, 0.4) is 0 Å². The normalized spacial score (nSPS) is 15.6. The van der Waals surface area contributed by atoms with Gasteiger partial charge in [0.15, 0.2) is 0 Å². The first-order valence-corrected chi connectivity index (χ1v) is 7.62. The van der Waals surface area contributed by atoms with Gasteiger partial charge in [-0.05, 0) is 57.5 Å². The van der Waals surface area contributed by atoms with E-state index in [4.69, 9.17) is 0 Å². The Labute approximate surface area is 119 Å². The molecule has 2 aromatic rings. The van der Waals surface area contributed by atoms with Gasteiger partial charge in [0, 0.05) is 15.8 Å². The minimum absolute atomic E-state index is 0.0883. The van der Waals surface area contributed by atoms with Crippen LogP contribution in [-0.4, -0.2) is 17.2 Å². The molecular weight excluding hydrogens is 254 g/mol. The van der Waals surface area contributed by atoms with Crippen molar-refractivity contribution in [3.8, 4) is 0 Å². The summed E-state index contributed by atoms with van der Waals surface area (Å²) < 4.78 is 1.20. The van der Waals surface area contributed by atoms with Crippen LogP contribution in [0.1, 0.15) is 39.7 Å². The number of nitrogens with one attached hydrogen (secondary N) is 1. The number of aliphatic hydroxyl groups is 1. The van der Waals surface area contributed by atoms with Crippen molar-refractivity contribution in [1.29, 1.82) is 0 Å². The van der Waals surface area contributed by atoms with Gasteiger partial charge in [0.1, 0.15) is 0 Å².